The second-order valence-electron chi connectivity index (χ2n) is 3.22. The molecule has 1 fully saturated rings. The number of halogens is 2. The Hall–Kier alpha value is -0.890. The highest BCUT2D eigenvalue weighted by molar-refractivity contribution is 6.31. The first-order chi connectivity index (χ1) is 6.18. The van der Waals surface area contributed by atoms with Crippen molar-refractivity contribution in [3.05, 3.63) is 34.6 Å². The molecule has 13 heavy (non-hydrogen) atoms. The van der Waals surface area contributed by atoms with Gasteiger partial charge in [0.2, 0.25) is 0 Å². The molecule has 3 heteroatoms. The van der Waals surface area contributed by atoms with Crippen LogP contribution in [0.5, 0.6) is 0 Å². The number of rotatable bonds is 1. The number of benzene rings is 1. The predicted molar refractivity (Wildman–Crippen MR) is 48.4 cm³/mol. The van der Waals surface area contributed by atoms with E-state index < -0.39 is 0 Å². The van der Waals surface area contributed by atoms with E-state index in [0.29, 0.717) is 11.4 Å². The Morgan fingerprint density at radius 1 is 1.46 bits per heavy atom. The first-order valence-corrected chi connectivity index (χ1v) is 4.54. The molecular formula is C10H8ClFO. The van der Waals surface area contributed by atoms with Crippen LogP contribution < -0.4 is 0 Å². The maximum absolute atomic E-state index is 12.7. The van der Waals surface area contributed by atoms with Crippen molar-refractivity contribution < 1.29 is 9.18 Å². The number of carbonyl (C=O) groups excluding carboxylic acids is 1. The van der Waals surface area contributed by atoms with Crippen molar-refractivity contribution in [3.63, 3.8) is 0 Å². The van der Waals surface area contributed by atoms with Crippen molar-refractivity contribution in [2.75, 3.05) is 0 Å². The van der Waals surface area contributed by atoms with Crippen LogP contribution >= 0.6 is 11.6 Å². The van der Waals surface area contributed by atoms with Crippen molar-refractivity contribution >= 4 is 17.4 Å². The maximum Gasteiger partial charge on any atom is 0.140 e. The average molecular weight is 199 g/mol. The lowest BCUT2D eigenvalue weighted by Crippen LogP contribution is -2.23. The van der Waals surface area contributed by atoms with Crippen molar-refractivity contribution in [2.45, 2.75) is 18.8 Å². The summed E-state index contributed by atoms with van der Waals surface area (Å²) in [6, 6.07) is 4.19. The lowest BCUT2D eigenvalue weighted by molar-refractivity contribution is -0.125. The predicted octanol–water partition coefficient (Wildman–Crippen LogP) is 2.93. The van der Waals surface area contributed by atoms with Crippen LogP contribution in [0, 0.1) is 5.82 Å². The summed E-state index contributed by atoms with van der Waals surface area (Å²) in [5.74, 6) is -0.248. The molecule has 1 unspecified atom stereocenters. The minimum atomic E-state index is -0.361. The molecule has 1 nitrogen and oxygen atoms in total. The SMILES string of the molecule is O=C1CCC1c1ccc(F)cc1Cl. The molecule has 0 aliphatic heterocycles. The fraction of sp³-hybridized carbons (Fsp3) is 0.300. The molecule has 0 N–H and O–H groups in total. The van der Waals surface area contributed by atoms with Gasteiger partial charge in [-0.2, -0.15) is 0 Å². The lowest BCUT2D eigenvalue weighted by atomic mass is 9.79. The number of hydrogen-bond acceptors (Lipinski definition) is 1. The van der Waals surface area contributed by atoms with E-state index in [9.17, 15) is 9.18 Å². The fourth-order valence-corrected chi connectivity index (χ4v) is 1.82. The zero-order chi connectivity index (χ0) is 9.42. The van der Waals surface area contributed by atoms with Crippen LogP contribution in [0.25, 0.3) is 0 Å². The van der Waals surface area contributed by atoms with E-state index in [1.807, 2.05) is 0 Å². The lowest BCUT2D eigenvalue weighted by Gasteiger charge is -2.24. The highest BCUT2D eigenvalue weighted by Crippen LogP contribution is 2.36. The molecule has 1 aliphatic rings. The van der Waals surface area contributed by atoms with E-state index in [2.05, 4.69) is 0 Å². The largest absolute Gasteiger partial charge is 0.299 e. The van der Waals surface area contributed by atoms with Gasteiger partial charge in [-0.05, 0) is 24.1 Å². The fourth-order valence-electron chi connectivity index (χ4n) is 1.52. The molecule has 0 radical (unpaired) electrons. The molecule has 0 heterocycles. The molecule has 1 aliphatic carbocycles. The summed E-state index contributed by atoms with van der Waals surface area (Å²) in [6.07, 6.45) is 1.46. The molecule has 0 aromatic heterocycles. The van der Waals surface area contributed by atoms with Gasteiger partial charge < -0.3 is 0 Å². The Kier molecular flexibility index (Phi) is 2.08. The van der Waals surface area contributed by atoms with E-state index in [-0.39, 0.29) is 17.5 Å². The number of hydrogen-bond donors (Lipinski definition) is 0. The average Bonchev–Trinajstić information content (AvgIpc) is 2.07. The van der Waals surface area contributed by atoms with Crippen LogP contribution in [0.2, 0.25) is 5.02 Å². The van der Waals surface area contributed by atoms with Gasteiger partial charge >= 0.3 is 0 Å². The van der Waals surface area contributed by atoms with E-state index in [4.69, 9.17) is 11.6 Å². The Morgan fingerprint density at radius 3 is 2.69 bits per heavy atom. The second kappa shape index (κ2) is 3.11. The number of carbonyl (C=O) groups is 1. The highest BCUT2D eigenvalue weighted by atomic mass is 35.5. The van der Waals surface area contributed by atoms with E-state index >= 15 is 0 Å². The summed E-state index contributed by atoms with van der Waals surface area (Å²) in [7, 11) is 0. The monoisotopic (exact) mass is 198 g/mol. The maximum atomic E-state index is 12.7. The molecule has 0 amide bonds. The third-order valence-corrected chi connectivity index (χ3v) is 2.73. The molecule has 1 atom stereocenters. The summed E-state index contributed by atoms with van der Waals surface area (Å²) in [4.78, 5) is 11.1. The molecule has 0 spiro atoms. The smallest absolute Gasteiger partial charge is 0.140 e. The van der Waals surface area contributed by atoms with Crippen LogP contribution in [0.15, 0.2) is 18.2 Å². The van der Waals surface area contributed by atoms with E-state index in [1.54, 1.807) is 6.07 Å². The van der Waals surface area contributed by atoms with Gasteiger partial charge in [0.1, 0.15) is 11.6 Å². The topological polar surface area (TPSA) is 17.1 Å². The van der Waals surface area contributed by atoms with Gasteiger partial charge in [-0.3, -0.25) is 4.79 Å². The van der Waals surface area contributed by atoms with Crippen LogP contribution in [0.4, 0.5) is 4.39 Å². The third-order valence-electron chi connectivity index (χ3n) is 2.41. The molecule has 1 aromatic carbocycles. The normalized spacial score (nSPS) is 21.4. The van der Waals surface area contributed by atoms with E-state index in [0.717, 1.165) is 12.0 Å². The van der Waals surface area contributed by atoms with Crippen LogP contribution in [-0.4, -0.2) is 5.78 Å². The Labute approximate surface area is 80.5 Å². The Bertz CT molecular complexity index is 362. The number of Topliss-reactive ketones (excluding diaryl/α,β-unsaturated/α-hetero) is 1. The van der Waals surface area contributed by atoms with Gasteiger partial charge in [-0.15, -0.1) is 0 Å². The molecule has 1 aromatic rings. The van der Waals surface area contributed by atoms with Gasteiger partial charge in [0.25, 0.3) is 0 Å². The Balaban J connectivity index is 2.35. The summed E-state index contributed by atoms with van der Waals surface area (Å²) in [6.45, 7) is 0. The van der Waals surface area contributed by atoms with Crippen molar-refractivity contribution in [1.82, 2.24) is 0 Å². The first kappa shape index (κ1) is 8.70. The standard InChI is InChI=1S/C10H8ClFO/c11-9-5-6(12)1-2-7(9)8-3-4-10(8)13/h1-2,5,8H,3-4H2. The van der Waals surface area contributed by atoms with Crippen molar-refractivity contribution in [1.29, 1.82) is 0 Å². The molecular weight excluding hydrogens is 191 g/mol. The Morgan fingerprint density at radius 2 is 2.23 bits per heavy atom. The van der Waals surface area contributed by atoms with E-state index in [1.165, 1.54) is 12.1 Å². The molecule has 2 rings (SSSR count). The van der Waals surface area contributed by atoms with Gasteiger partial charge in [0.15, 0.2) is 0 Å². The van der Waals surface area contributed by atoms with Crippen molar-refractivity contribution in [2.24, 2.45) is 0 Å². The first-order valence-electron chi connectivity index (χ1n) is 4.16. The third kappa shape index (κ3) is 1.46. The van der Waals surface area contributed by atoms with Crippen LogP contribution in [0.1, 0.15) is 24.3 Å². The summed E-state index contributed by atoms with van der Waals surface area (Å²) >= 11 is 5.81. The van der Waals surface area contributed by atoms with Gasteiger partial charge in [-0.25, -0.2) is 4.39 Å². The summed E-state index contributed by atoms with van der Waals surface area (Å²) < 4.78 is 12.7. The molecule has 0 bridgehead atoms. The zero-order valence-corrected chi connectivity index (χ0v) is 7.64. The van der Waals surface area contributed by atoms with Gasteiger partial charge in [-0.1, -0.05) is 17.7 Å². The van der Waals surface area contributed by atoms with Crippen LogP contribution in [-0.2, 0) is 4.79 Å². The molecule has 68 valence electrons. The van der Waals surface area contributed by atoms with Crippen molar-refractivity contribution in [3.8, 4) is 0 Å². The van der Waals surface area contributed by atoms with Gasteiger partial charge in [0, 0.05) is 17.4 Å². The van der Waals surface area contributed by atoms with Gasteiger partial charge in [0.05, 0.1) is 0 Å². The minimum absolute atomic E-state index is 0.0897. The molecule has 0 saturated heterocycles. The molecule has 1 saturated carbocycles. The quantitative estimate of drug-likeness (QED) is 0.678. The summed E-state index contributed by atoms with van der Waals surface area (Å²) in [5.41, 5.74) is 0.763. The summed E-state index contributed by atoms with van der Waals surface area (Å²) in [5, 5.41) is 0.359. The zero-order valence-electron chi connectivity index (χ0n) is 6.89. The highest BCUT2D eigenvalue weighted by Gasteiger charge is 2.30. The number of ketones is 1. The second-order valence-corrected chi connectivity index (χ2v) is 3.63. The minimum Gasteiger partial charge on any atom is -0.299 e. The van der Waals surface area contributed by atoms with Crippen LogP contribution in [0.3, 0.4) is 0 Å².